The van der Waals surface area contributed by atoms with E-state index in [9.17, 15) is 0 Å². The summed E-state index contributed by atoms with van der Waals surface area (Å²) in [4.78, 5) is 0. The molecule has 1 saturated carbocycles. The molecule has 1 rings (SSSR count). The number of hydrogen-bond donors (Lipinski definition) is 1. The zero-order valence-corrected chi connectivity index (χ0v) is 8.09. The molecule has 0 aromatic heterocycles. The fraction of sp³-hybridized carbons (Fsp3) is 0.727. The molecule has 0 aliphatic heterocycles. The van der Waals surface area contributed by atoms with E-state index in [1.54, 1.807) is 0 Å². The molecule has 2 heteroatoms. The molecule has 0 aromatic rings. The second-order valence-electron chi connectivity index (χ2n) is 3.57. The maximum Gasteiger partial charge on any atom is 0.0686 e. The Kier molecular flexibility index (Phi) is 3.80. The van der Waals surface area contributed by atoms with E-state index in [0.29, 0.717) is 6.04 Å². The first-order valence-corrected chi connectivity index (χ1v) is 4.93. The Hall–Kier alpha value is -0.990. The molecule has 1 N–H and O–H groups in total. The number of hydrogen-bond acceptors (Lipinski definition) is 2. The van der Waals surface area contributed by atoms with Gasteiger partial charge in [0.2, 0.25) is 0 Å². The summed E-state index contributed by atoms with van der Waals surface area (Å²) in [6, 6.07) is 2.80. The van der Waals surface area contributed by atoms with Crippen molar-refractivity contribution in [1.29, 1.82) is 5.26 Å². The zero-order chi connectivity index (χ0) is 9.68. The number of terminal acetylenes is 1. The van der Waals surface area contributed by atoms with Gasteiger partial charge in [-0.05, 0) is 19.3 Å². The highest BCUT2D eigenvalue weighted by Gasteiger charge is 2.27. The molecule has 1 aliphatic carbocycles. The molecule has 3 atom stereocenters. The fourth-order valence-corrected chi connectivity index (χ4v) is 1.86. The van der Waals surface area contributed by atoms with Gasteiger partial charge in [-0.15, -0.1) is 6.42 Å². The van der Waals surface area contributed by atoms with Crippen molar-refractivity contribution < 1.29 is 0 Å². The van der Waals surface area contributed by atoms with Crippen molar-refractivity contribution in [1.82, 2.24) is 5.32 Å². The van der Waals surface area contributed by atoms with Crippen LogP contribution in [0.5, 0.6) is 0 Å². The van der Waals surface area contributed by atoms with E-state index in [1.807, 2.05) is 0 Å². The number of nitrogens with zero attached hydrogens (tertiary/aromatic N) is 1. The van der Waals surface area contributed by atoms with Crippen molar-refractivity contribution in [2.45, 2.75) is 44.7 Å². The summed E-state index contributed by atoms with van der Waals surface area (Å²) in [5.41, 5.74) is 0. The predicted octanol–water partition coefficient (Wildman–Crippen LogP) is 1.68. The smallest absolute Gasteiger partial charge is 0.0686 e. The molecule has 0 radical (unpaired) electrons. The Morgan fingerprint density at radius 1 is 1.62 bits per heavy atom. The summed E-state index contributed by atoms with van der Waals surface area (Å²) in [5, 5.41) is 12.2. The fourth-order valence-electron chi connectivity index (χ4n) is 1.86. The summed E-state index contributed by atoms with van der Waals surface area (Å²) in [6.45, 7) is 2.06. The highest BCUT2D eigenvalue weighted by atomic mass is 15.0. The van der Waals surface area contributed by atoms with Crippen LogP contribution in [0.25, 0.3) is 0 Å². The van der Waals surface area contributed by atoms with Crippen LogP contribution in [0.4, 0.5) is 0 Å². The van der Waals surface area contributed by atoms with Crippen molar-refractivity contribution in [2.24, 2.45) is 5.92 Å². The van der Waals surface area contributed by atoms with Crippen LogP contribution in [0, 0.1) is 29.6 Å². The van der Waals surface area contributed by atoms with Crippen LogP contribution in [0.1, 0.15) is 32.6 Å². The molecule has 70 valence electrons. The van der Waals surface area contributed by atoms with E-state index >= 15 is 0 Å². The summed E-state index contributed by atoms with van der Waals surface area (Å²) in [7, 11) is 0. The first-order chi connectivity index (χ1) is 6.31. The normalized spacial score (nSPS) is 29.2. The second kappa shape index (κ2) is 4.90. The number of rotatable bonds is 3. The third-order valence-electron chi connectivity index (χ3n) is 2.71. The van der Waals surface area contributed by atoms with E-state index in [1.165, 1.54) is 0 Å². The van der Waals surface area contributed by atoms with Crippen molar-refractivity contribution in [3.63, 3.8) is 0 Å². The van der Waals surface area contributed by atoms with E-state index < -0.39 is 0 Å². The zero-order valence-electron chi connectivity index (χ0n) is 8.09. The first kappa shape index (κ1) is 10.1. The minimum atomic E-state index is 0.138. The van der Waals surface area contributed by atoms with Crippen LogP contribution in [0.2, 0.25) is 0 Å². The lowest BCUT2D eigenvalue weighted by molar-refractivity contribution is 0.431. The third kappa shape index (κ3) is 2.47. The van der Waals surface area contributed by atoms with Gasteiger partial charge < -0.3 is 0 Å². The van der Waals surface area contributed by atoms with Crippen LogP contribution in [-0.2, 0) is 0 Å². The molecule has 0 amide bonds. The first-order valence-electron chi connectivity index (χ1n) is 4.93. The molecule has 1 fully saturated rings. The average molecular weight is 176 g/mol. The molecular weight excluding hydrogens is 160 g/mol. The van der Waals surface area contributed by atoms with Crippen LogP contribution >= 0.6 is 0 Å². The van der Waals surface area contributed by atoms with E-state index in [2.05, 4.69) is 24.2 Å². The van der Waals surface area contributed by atoms with E-state index in [0.717, 1.165) is 25.7 Å². The molecule has 0 aromatic carbocycles. The summed E-state index contributed by atoms with van der Waals surface area (Å²) < 4.78 is 0. The molecule has 3 unspecified atom stereocenters. The predicted molar refractivity (Wildman–Crippen MR) is 52.8 cm³/mol. The molecule has 0 saturated heterocycles. The van der Waals surface area contributed by atoms with Gasteiger partial charge in [0.25, 0.3) is 0 Å². The Bertz CT molecular complexity index is 233. The molecule has 0 bridgehead atoms. The van der Waals surface area contributed by atoms with Gasteiger partial charge in [-0.1, -0.05) is 19.3 Å². The Morgan fingerprint density at radius 3 is 2.92 bits per heavy atom. The van der Waals surface area contributed by atoms with Crippen LogP contribution in [0.15, 0.2) is 0 Å². The van der Waals surface area contributed by atoms with Crippen molar-refractivity contribution >= 4 is 0 Å². The van der Waals surface area contributed by atoms with Gasteiger partial charge in [-0.3, -0.25) is 5.32 Å². The highest BCUT2D eigenvalue weighted by molar-refractivity contribution is 5.03. The minimum absolute atomic E-state index is 0.138. The Labute approximate surface area is 80.3 Å². The van der Waals surface area contributed by atoms with E-state index in [-0.39, 0.29) is 12.0 Å². The van der Waals surface area contributed by atoms with Gasteiger partial charge in [0.15, 0.2) is 0 Å². The maximum absolute atomic E-state index is 8.85. The SMILES string of the molecule is C#CC(CC)NC1CCCC1C#N. The standard InChI is InChI=1S/C11H16N2/c1-3-10(4-2)13-11-7-5-6-9(11)8-12/h1,9-11,13H,4-7H2,2H3. The Morgan fingerprint density at radius 2 is 2.38 bits per heavy atom. The molecule has 0 spiro atoms. The third-order valence-corrected chi connectivity index (χ3v) is 2.71. The van der Waals surface area contributed by atoms with Crippen LogP contribution in [-0.4, -0.2) is 12.1 Å². The highest BCUT2D eigenvalue weighted by Crippen LogP contribution is 2.25. The lowest BCUT2D eigenvalue weighted by Gasteiger charge is -2.19. The molecular formula is C11H16N2. The van der Waals surface area contributed by atoms with Gasteiger partial charge >= 0.3 is 0 Å². The van der Waals surface area contributed by atoms with Crippen molar-refractivity contribution in [3.05, 3.63) is 0 Å². The molecule has 13 heavy (non-hydrogen) atoms. The van der Waals surface area contributed by atoms with Gasteiger partial charge in [0.05, 0.1) is 18.0 Å². The van der Waals surface area contributed by atoms with Gasteiger partial charge in [-0.25, -0.2) is 0 Å². The molecule has 2 nitrogen and oxygen atoms in total. The van der Waals surface area contributed by atoms with Gasteiger partial charge in [0.1, 0.15) is 0 Å². The summed E-state index contributed by atoms with van der Waals surface area (Å²) in [6.07, 6.45) is 9.55. The van der Waals surface area contributed by atoms with E-state index in [4.69, 9.17) is 11.7 Å². The van der Waals surface area contributed by atoms with Crippen LogP contribution in [0.3, 0.4) is 0 Å². The maximum atomic E-state index is 8.85. The van der Waals surface area contributed by atoms with Crippen molar-refractivity contribution in [3.8, 4) is 18.4 Å². The monoisotopic (exact) mass is 176 g/mol. The van der Waals surface area contributed by atoms with Gasteiger partial charge in [0, 0.05) is 6.04 Å². The van der Waals surface area contributed by atoms with Crippen LogP contribution < -0.4 is 5.32 Å². The lowest BCUT2D eigenvalue weighted by Crippen LogP contribution is -2.38. The van der Waals surface area contributed by atoms with Gasteiger partial charge in [-0.2, -0.15) is 5.26 Å². The van der Waals surface area contributed by atoms with Crippen molar-refractivity contribution in [2.75, 3.05) is 0 Å². The average Bonchev–Trinajstić information content (AvgIpc) is 2.61. The molecule has 0 heterocycles. The number of nitrogens with one attached hydrogen (secondary N) is 1. The summed E-state index contributed by atoms with van der Waals surface area (Å²) in [5.74, 6) is 2.87. The topological polar surface area (TPSA) is 35.8 Å². The lowest BCUT2D eigenvalue weighted by atomic mass is 10.0. The number of nitriles is 1. The Balaban J connectivity index is 2.45. The summed E-state index contributed by atoms with van der Waals surface area (Å²) >= 11 is 0. The largest absolute Gasteiger partial charge is 0.300 e. The second-order valence-corrected chi connectivity index (χ2v) is 3.57. The quantitative estimate of drug-likeness (QED) is 0.664. The minimum Gasteiger partial charge on any atom is -0.300 e. The molecule has 1 aliphatic rings.